The van der Waals surface area contributed by atoms with Crippen LogP contribution >= 0.6 is 0 Å². The average molecular weight is 222 g/mol. The molecule has 0 fully saturated rings. The molecule has 0 spiro atoms. The van der Waals surface area contributed by atoms with Crippen molar-refractivity contribution in [3.8, 4) is 5.75 Å². The van der Waals surface area contributed by atoms with E-state index in [1.165, 1.54) is 12.8 Å². The summed E-state index contributed by atoms with van der Waals surface area (Å²) < 4.78 is 5.69. The van der Waals surface area contributed by atoms with Gasteiger partial charge in [-0.2, -0.15) is 0 Å². The molecule has 0 aliphatic rings. The third-order valence-electron chi connectivity index (χ3n) is 2.65. The van der Waals surface area contributed by atoms with Gasteiger partial charge in [-0.05, 0) is 25.0 Å². The summed E-state index contributed by atoms with van der Waals surface area (Å²) in [7, 11) is 0. The van der Waals surface area contributed by atoms with E-state index >= 15 is 0 Å². The highest BCUT2D eigenvalue weighted by atomic mass is 16.5. The number of para-hydroxylation sites is 1. The lowest BCUT2D eigenvalue weighted by molar-refractivity contribution is 0.0633. The molecule has 2 nitrogen and oxygen atoms in total. The summed E-state index contributed by atoms with van der Waals surface area (Å²) in [4.78, 5) is 0. The van der Waals surface area contributed by atoms with E-state index in [2.05, 4.69) is 13.8 Å². The van der Waals surface area contributed by atoms with E-state index < -0.39 is 0 Å². The molecule has 0 saturated carbocycles. The lowest BCUT2D eigenvalue weighted by Crippen LogP contribution is -2.12. The Hall–Kier alpha value is -1.02. The zero-order chi connectivity index (χ0) is 11.8. The van der Waals surface area contributed by atoms with Gasteiger partial charge in [-0.25, -0.2) is 0 Å². The minimum absolute atomic E-state index is 0.171. The van der Waals surface area contributed by atoms with Crippen LogP contribution in [0.4, 0.5) is 0 Å². The van der Waals surface area contributed by atoms with Gasteiger partial charge in [-0.1, -0.05) is 38.0 Å². The second kappa shape index (κ2) is 7.29. The fraction of sp³-hybridized carbons (Fsp3) is 0.571. The molecule has 1 unspecified atom stereocenters. The Kier molecular flexibility index (Phi) is 5.94. The summed E-state index contributed by atoms with van der Waals surface area (Å²) in [6, 6.07) is 7.45. The third-order valence-corrected chi connectivity index (χ3v) is 2.65. The Labute approximate surface area is 98.3 Å². The largest absolute Gasteiger partial charge is 0.508 e. The lowest BCUT2D eigenvalue weighted by Gasteiger charge is -2.13. The van der Waals surface area contributed by atoms with Gasteiger partial charge in [0.1, 0.15) is 5.75 Å². The third kappa shape index (κ3) is 4.67. The lowest BCUT2D eigenvalue weighted by atomic mass is 10.1. The molecule has 1 rings (SSSR count). The van der Waals surface area contributed by atoms with Gasteiger partial charge in [0.25, 0.3) is 0 Å². The molecule has 16 heavy (non-hydrogen) atoms. The Balaban J connectivity index is 2.28. The van der Waals surface area contributed by atoms with Crippen molar-refractivity contribution in [3.63, 3.8) is 0 Å². The van der Waals surface area contributed by atoms with Crippen molar-refractivity contribution in [2.24, 2.45) is 0 Å². The van der Waals surface area contributed by atoms with Crippen molar-refractivity contribution in [1.82, 2.24) is 0 Å². The van der Waals surface area contributed by atoms with E-state index in [-0.39, 0.29) is 6.10 Å². The van der Waals surface area contributed by atoms with Crippen LogP contribution in [0.1, 0.15) is 38.7 Å². The summed E-state index contributed by atoms with van der Waals surface area (Å²) in [6.45, 7) is 5.06. The average Bonchev–Trinajstić information content (AvgIpc) is 2.28. The second-order valence-corrected chi connectivity index (χ2v) is 4.22. The zero-order valence-corrected chi connectivity index (χ0v) is 10.3. The van der Waals surface area contributed by atoms with Crippen LogP contribution in [0.2, 0.25) is 0 Å². The molecule has 0 heterocycles. The molecule has 0 saturated heterocycles. The van der Waals surface area contributed by atoms with Gasteiger partial charge in [0.2, 0.25) is 0 Å². The fourth-order valence-corrected chi connectivity index (χ4v) is 1.69. The molecule has 90 valence electrons. The first kappa shape index (κ1) is 13.0. The number of rotatable bonds is 7. The van der Waals surface area contributed by atoms with E-state index in [9.17, 15) is 5.11 Å². The molecule has 0 aliphatic carbocycles. The van der Waals surface area contributed by atoms with Crippen molar-refractivity contribution in [3.05, 3.63) is 29.8 Å². The number of hydrogen-bond donors (Lipinski definition) is 1. The minimum Gasteiger partial charge on any atom is -0.508 e. The summed E-state index contributed by atoms with van der Waals surface area (Å²) in [5.41, 5.74) is 0.963. The second-order valence-electron chi connectivity index (χ2n) is 4.22. The van der Waals surface area contributed by atoms with E-state index in [1.54, 1.807) is 6.07 Å². The molecular formula is C14H22O2. The van der Waals surface area contributed by atoms with E-state index in [1.807, 2.05) is 18.2 Å². The SMILES string of the molecule is CCCCCOC(C)Cc1ccccc1O. The molecule has 0 bridgehead atoms. The van der Waals surface area contributed by atoms with Crippen LogP contribution in [-0.2, 0) is 11.2 Å². The monoisotopic (exact) mass is 222 g/mol. The van der Waals surface area contributed by atoms with E-state index in [4.69, 9.17) is 4.74 Å². The van der Waals surface area contributed by atoms with Crippen LogP contribution in [0.25, 0.3) is 0 Å². The van der Waals surface area contributed by atoms with Crippen molar-refractivity contribution in [1.29, 1.82) is 0 Å². The normalized spacial score (nSPS) is 12.6. The van der Waals surface area contributed by atoms with Crippen LogP contribution < -0.4 is 0 Å². The quantitative estimate of drug-likeness (QED) is 0.715. The number of ether oxygens (including phenoxy) is 1. The Morgan fingerprint density at radius 1 is 1.25 bits per heavy atom. The van der Waals surface area contributed by atoms with Gasteiger partial charge >= 0.3 is 0 Å². The molecule has 0 aromatic heterocycles. The fourth-order valence-electron chi connectivity index (χ4n) is 1.69. The predicted molar refractivity (Wildman–Crippen MR) is 66.7 cm³/mol. The summed E-state index contributed by atoms with van der Waals surface area (Å²) in [6.07, 6.45) is 4.52. The van der Waals surface area contributed by atoms with Gasteiger partial charge in [-0.15, -0.1) is 0 Å². The maximum atomic E-state index is 9.61. The first-order valence-corrected chi connectivity index (χ1v) is 6.12. The number of benzene rings is 1. The maximum absolute atomic E-state index is 9.61. The molecule has 0 radical (unpaired) electrons. The number of phenols is 1. The predicted octanol–water partition coefficient (Wildman–Crippen LogP) is 3.53. The van der Waals surface area contributed by atoms with Crippen molar-refractivity contribution in [2.45, 2.75) is 45.6 Å². The Bertz CT molecular complexity index is 297. The molecule has 2 heteroatoms. The molecule has 0 aliphatic heterocycles. The highest BCUT2D eigenvalue weighted by Gasteiger charge is 2.06. The number of unbranched alkanes of at least 4 members (excludes halogenated alkanes) is 2. The topological polar surface area (TPSA) is 29.5 Å². The van der Waals surface area contributed by atoms with Crippen LogP contribution in [0.3, 0.4) is 0 Å². The van der Waals surface area contributed by atoms with Crippen LogP contribution in [0, 0.1) is 0 Å². The molecule has 1 N–H and O–H groups in total. The molecule has 1 aromatic rings. The van der Waals surface area contributed by atoms with Gasteiger partial charge in [-0.3, -0.25) is 0 Å². The summed E-state index contributed by atoms with van der Waals surface area (Å²) in [5, 5.41) is 9.61. The van der Waals surface area contributed by atoms with Gasteiger partial charge in [0.15, 0.2) is 0 Å². The molecule has 0 amide bonds. The zero-order valence-electron chi connectivity index (χ0n) is 10.3. The van der Waals surface area contributed by atoms with Gasteiger partial charge < -0.3 is 9.84 Å². The molecule has 1 aromatic carbocycles. The van der Waals surface area contributed by atoms with Gasteiger partial charge in [0, 0.05) is 13.0 Å². The van der Waals surface area contributed by atoms with Crippen LogP contribution in [0.15, 0.2) is 24.3 Å². The van der Waals surface area contributed by atoms with Crippen LogP contribution in [0.5, 0.6) is 5.75 Å². The van der Waals surface area contributed by atoms with Crippen molar-refractivity contribution < 1.29 is 9.84 Å². The van der Waals surface area contributed by atoms with E-state index in [0.717, 1.165) is 25.0 Å². The number of phenolic OH excluding ortho intramolecular Hbond substituents is 1. The van der Waals surface area contributed by atoms with Crippen molar-refractivity contribution in [2.75, 3.05) is 6.61 Å². The highest BCUT2D eigenvalue weighted by molar-refractivity contribution is 5.32. The standard InChI is InChI=1S/C14H22O2/c1-3-4-7-10-16-12(2)11-13-8-5-6-9-14(13)15/h5-6,8-9,12,15H,3-4,7,10-11H2,1-2H3. The summed E-state index contributed by atoms with van der Waals surface area (Å²) in [5.74, 6) is 0.367. The number of hydrogen-bond acceptors (Lipinski definition) is 2. The maximum Gasteiger partial charge on any atom is 0.118 e. The Morgan fingerprint density at radius 3 is 2.69 bits per heavy atom. The van der Waals surface area contributed by atoms with E-state index in [0.29, 0.717) is 5.75 Å². The Morgan fingerprint density at radius 2 is 2.00 bits per heavy atom. The minimum atomic E-state index is 0.171. The molecule has 1 atom stereocenters. The van der Waals surface area contributed by atoms with Crippen LogP contribution in [-0.4, -0.2) is 17.8 Å². The first-order valence-electron chi connectivity index (χ1n) is 6.12. The number of aromatic hydroxyl groups is 1. The van der Waals surface area contributed by atoms with Gasteiger partial charge in [0.05, 0.1) is 6.10 Å². The summed E-state index contributed by atoms with van der Waals surface area (Å²) >= 11 is 0. The van der Waals surface area contributed by atoms with Crippen molar-refractivity contribution >= 4 is 0 Å². The highest BCUT2D eigenvalue weighted by Crippen LogP contribution is 2.18. The first-order chi connectivity index (χ1) is 7.74. The smallest absolute Gasteiger partial charge is 0.118 e. The molecular weight excluding hydrogens is 200 g/mol.